The minimum atomic E-state index is 0.0598. The van der Waals surface area contributed by atoms with Crippen molar-refractivity contribution in [2.45, 2.75) is 83.6 Å². The molecule has 0 bridgehead atoms. The molecular weight excluding hydrogens is 404 g/mol. The average Bonchev–Trinajstić information content (AvgIpc) is 2.81. The second kappa shape index (κ2) is 9.80. The number of hydrogen-bond donors (Lipinski definition) is 2. The van der Waals surface area contributed by atoms with E-state index in [-0.39, 0.29) is 6.04 Å². The van der Waals surface area contributed by atoms with Crippen LogP contribution in [-0.2, 0) is 11.8 Å². The molecule has 0 aliphatic heterocycles. The third-order valence-electron chi connectivity index (χ3n) is 8.87. The van der Waals surface area contributed by atoms with Crippen LogP contribution in [0.2, 0.25) is 0 Å². The van der Waals surface area contributed by atoms with E-state index in [1.54, 1.807) is 18.2 Å². The van der Waals surface area contributed by atoms with Crippen LogP contribution in [-0.4, -0.2) is 20.2 Å². The summed E-state index contributed by atoms with van der Waals surface area (Å²) in [6.07, 6.45) is 7.46. The van der Waals surface area contributed by atoms with Crippen LogP contribution in [0.25, 0.3) is 0 Å². The molecule has 0 heterocycles. The number of ether oxygens (including phenoxy) is 1. The molecule has 4 rings (SSSR count). The van der Waals surface area contributed by atoms with Gasteiger partial charge in [0.15, 0.2) is 0 Å². The Kier molecular flexibility index (Phi) is 7.21. The highest BCUT2D eigenvalue weighted by atomic mass is 16.5. The summed E-state index contributed by atoms with van der Waals surface area (Å²) in [5.41, 5.74) is 13.0. The van der Waals surface area contributed by atoms with E-state index in [4.69, 9.17) is 10.5 Å². The molecule has 1 fully saturated rings. The molecule has 0 spiro atoms. The third-order valence-corrected chi connectivity index (χ3v) is 8.87. The first-order chi connectivity index (χ1) is 15.8. The van der Waals surface area contributed by atoms with Crippen LogP contribution < -0.4 is 15.8 Å². The van der Waals surface area contributed by atoms with Crippen LogP contribution in [0.1, 0.15) is 94.0 Å². The zero-order valence-electron chi connectivity index (χ0n) is 21.4. The molecular formula is C30H44N2O. The molecule has 0 amide bonds. The van der Waals surface area contributed by atoms with Gasteiger partial charge < -0.3 is 15.8 Å². The quantitative estimate of drug-likeness (QED) is 0.453. The van der Waals surface area contributed by atoms with Crippen molar-refractivity contribution in [2.75, 3.05) is 20.2 Å². The fraction of sp³-hybridized carbons (Fsp3) is 0.600. The molecule has 4 atom stereocenters. The van der Waals surface area contributed by atoms with E-state index >= 15 is 0 Å². The first-order valence-electron chi connectivity index (χ1n) is 13.0. The van der Waals surface area contributed by atoms with Gasteiger partial charge in [-0.3, -0.25) is 0 Å². The Hall–Kier alpha value is -1.84. The number of hydrogen-bond acceptors (Lipinski definition) is 3. The van der Waals surface area contributed by atoms with Crippen molar-refractivity contribution in [3.63, 3.8) is 0 Å². The van der Waals surface area contributed by atoms with Gasteiger partial charge in [0, 0.05) is 12.6 Å². The molecule has 0 aromatic heterocycles. The third kappa shape index (κ3) is 4.86. The summed E-state index contributed by atoms with van der Waals surface area (Å²) in [5, 5.41) is 3.81. The SMILES string of the molecule is COc1ccc(C(N)CCNC[C@]2(C)CCC[C@]3(C)c4ccc(C(C)C)cc4CC[C@@H]23)cc1. The Balaban J connectivity index is 1.39. The summed E-state index contributed by atoms with van der Waals surface area (Å²) in [4.78, 5) is 0. The van der Waals surface area contributed by atoms with E-state index in [0.29, 0.717) is 16.7 Å². The molecule has 2 aromatic carbocycles. The van der Waals surface area contributed by atoms with Gasteiger partial charge in [0.1, 0.15) is 5.75 Å². The molecule has 2 aliphatic carbocycles. The number of nitrogens with one attached hydrogen (secondary N) is 1. The van der Waals surface area contributed by atoms with Gasteiger partial charge in [-0.15, -0.1) is 0 Å². The fourth-order valence-corrected chi connectivity index (χ4v) is 6.86. The first kappa shape index (κ1) is 24.3. The molecule has 0 radical (unpaired) electrons. The highest BCUT2D eigenvalue weighted by Gasteiger charge is 2.51. The Bertz CT molecular complexity index is 937. The maximum atomic E-state index is 6.47. The lowest BCUT2D eigenvalue weighted by molar-refractivity contribution is 0.0259. The van der Waals surface area contributed by atoms with Gasteiger partial charge in [0.25, 0.3) is 0 Å². The highest BCUT2D eigenvalue weighted by Crippen LogP contribution is 2.57. The fourth-order valence-electron chi connectivity index (χ4n) is 6.86. The lowest BCUT2D eigenvalue weighted by Crippen LogP contribution is -2.52. The van der Waals surface area contributed by atoms with Crippen molar-refractivity contribution in [1.29, 1.82) is 0 Å². The van der Waals surface area contributed by atoms with Crippen LogP contribution in [0, 0.1) is 11.3 Å². The predicted octanol–water partition coefficient (Wildman–Crippen LogP) is 6.51. The van der Waals surface area contributed by atoms with E-state index < -0.39 is 0 Å². The van der Waals surface area contributed by atoms with Crippen LogP contribution in [0.15, 0.2) is 42.5 Å². The highest BCUT2D eigenvalue weighted by molar-refractivity contribution is 5.42. The van der Waals surface area contributed by atoms with Gasteiger partial charge in [-0.05, 0) is 95.7 Å². The van der Waals surface area contributed by atoms with Crippen molar-refractivity contribution in [2.24, 2.45) is 17.1 Å². The second-order valence-corrected chi connectivity index (χ2v) is 11.4. The number of methoxy groups -OCH3 is 1. The van der Waals surface area contributed by atoms with Gasteiger partial charge in [-0.2, -0.15) is 0 Å². The molecule has 3 nitrogen and oxygen atoms in total. The molecule has 3 N–H and O–H groups in total. The maximum absolute atomic E-state index is 6.47. The number of rotatable bonds is 8. The summed E-state index contributed by atoms with van der Waals surface area (Å²) in [7, 11) is 1.70. The van der Waals surface area contributed by atoms with Crippen molar-refractivity contribution in [3.05, 3.63) is 64.7 Å². The number of fused-ring (bicyclic) bond motifs is 3. The molecule has 33 heavy (non-hydrogen) atoms. The minimum Gasteiger partial charge on any atom is -0.497 e. The van der Waals surface area contributed by atoms with Crippen molar-refractivity contribution < 1.29 is 4.74 Å². The molecule has 2 aliphatic rings. The lowest BCUT2D eigenvalue weighted by atomic mass is 9.49. The molecule has 2 aromatic rings. The van der Waals surface area contributed by atoms with Crippen LogP contribution in [0.4, 0.5) is 0 Å². The summed E-state index contributed by atoms with van der Waals surface area (Å²) in [6, 6.07) is 15.6. The Morgan fingerprint density at radius 1 is 1.06 bits per heavy atom. The number of benzene rings is 2. The van der Waals surface area contributed by atoms with E-state index in [1.165, 1.54) is 43.2 Å². The minimum absolute atomic E-state index is 0.0598. The van der Waals surface area contributed by atoms with Crippen LogP contribution in [0.5, 0.6) is 5.75 Å². The molecule has 1 unspecified atom stereocenters. The summed E-state index contributed by atoms with van der Waals surface area (Å²) >= 11 is 0. The van der Waals surface area contributed by atoms with E-state index in [2.05, 4.69) is 63.3 Å². The first-order valence-corrected chi connectivity index (χ1v) is 13.0. The monoisotopic (exact) mass is 448 g/mol. The van der Waals surface area contributed by atoms with Gasteiger partial charge in [0.2, 0.25) is 0 Å². The smallest absolute Gasteiger partial charge is 0.118 e. The number of nitrogens with two attached hydrogens (primary N) is 1. The van der Waals surface area contributed by atoms with Gasteiger partial charge in [0.05, 0.1) is 7.11 Å². The average molecular weight is 449 g/mol. The van der Waals surface area contributed by atoms with Gasteiger partial charge in [-0.1, -0.05) is 64.4 Å². The van der Waals surface area contributed by atoms with E-state index in [0.717, 1.165) is 31.2 Å². The topological polar surface area (TPSA) is 47.3 Å². The molecule has 1 saturated carbocycles. The normalized spacial score (nSPS) is 27.7. The summed E-state index contributed by atoms with van der Waals surface area (Å²) in [6.45, 7) is 11.8. The van der Waals surface area contributed by atoms with Crippen molar-refractivity contribution in [1.82, 2.24) is 5.32 Å². The maximum Gasteiger partial charge on any atom is 0.118 e. The Labute approximate surface area is 201 Å². The zero-order chi connectivity index (χ0) is 23.6. The van der Waals surface area contributed by atoms with Gasteiger partial charge in [-0.25, -0.2) is 0 Å². The van der Waals surface area contributed by atoms with Crippen LogP contribution >= 0.6 is 0 Å². The second-order valence-electron chi connectivity index (χ2n) is 11.4. The summed E-state index contributed by atoms with van der Waals surface area (Å²) in [5.74, 6) is 2.22. The molecule has 180 valence electrons. The lowest BCUT2D eigenvalue weighted by Gasteiger charge is -2.55. The van der Waals surface area contributed by atoms with Crippen molar-refractivity contribution in [3.8, 4) is 5.75 Å². The molecule has 0 saturated heterocycles. The summed E-state index contributed by atoms with van der Waals surface area (Å²) < 4.78 is 5.26. The Morgan fingerprint density at radius 2 is 1.79 bits per heavy atom. The van der Waals surface area contributed by atoms with Crippen LogP contribution in [0.3, 0.4) is 0 Å². The Morgan fingerprint density at radius 3 is 2.48 bits per heavy atom. The zero-order valence-corrected chi connectivity index (χ0v) is 21.4. The predicted molar refractivity (Wildman–Crippen MR) is 139 cm³/mol. The van der Waals surface area contributed by atoms with Crippen molar-refractivity contribution >= 4 is 0 Å². The van der Waals surface area contributed by atoms with E-state index in [9.17, 15) is 0 Å². The largest absolute Gasteiger partial charge is 0.497 e. The van der Waals surface area contributed by atoms with Gasteiger partial charge >= 0.3 is 0 Å². The standard InChI is InChI=1S/C30H44N2O/c1-21(2)23-9-13-26-24(19-23)10-14-28-29(3,16-6-17-30(26,28)4)20-32-18-15-27(31)22-7-11-25(33-5)12-8-22/h7-9,11-13,19,21,27-28,32H,6,10,14-18,20,31H2,1-5H3/t27?,28-,29-,30+/m0/s1. The molecule has 3 heteroatoms. The van der Waals surface area contributed by atoms with E-state index in [1.807, 2.05) is 12.1 Å². The number of aryl methyl sites for hydroxylation is 1.